The average molecular weight is 387 g/mol. The fraction of sp³-hybridized carbons (Fsp3) is 0.190. The van der Waals surface area contributed by atoms with E-state index in [-0.39, 0.29) is 5.91 Å². The van der Waals surface area contributed by atoms with Crippen LogP contribution < -0.4 is 5.32 Å². The number of carbonyl (C=O) groups is 1. The first-order chi connectivity index (χ1) is 14.1. The molecule has 4 aromatic rings. The second-order valence-corrected chi connectivity index (χ2v) is 6.75. The van der Waals surface area contributed by atoms with Crippen molar-refractivity contribution >= 4 is 5.91 Å². The largest absolute Gasteiger partial charge is 0.348 e. The molecule has 0 saturated carbocycles. The van der Waals surface area contributed by atoms with E-state index >= 15 is 0 Å². The van der Waals surface area contributed by atoms with Crippen LogP contribution in [0, 0.1) is 13.8 Å². The smallest absolute Gasteiger partial charge is 0.253 e. The maximum Gasteiger partial charge on any atom is 0.253 e. The van der Waals surface area contributed by atoms with E-state index in [1.807, 2.05) is 48.9 Å². The third kappa shape index (κ3) is 3.91. The zero-order valence-corrected chi connectivity index (χ0v) is 16.3. The molecule has 8 nitrogen and oxygen atoms in total. The number of hydrogen-bond donors (Lipinski definition) is 1. The number of carbonyl (C=O) groups excluding carboxylic acids is 1. The van der Waals surface area contributed by atoms with Crippen molar-refractivity contribution in [3.05, 3.63) is 89.0 Å². The van der Waals surface area contributed by atoms with E-state index in [9.17, 15) is 4.79 Å². The predicted molar refractivity (Wildman–Crippen MR) is 108 cm³/mol. The van der Waals surface area contributed by atoms with Crippen LogP contribution in [0.4, 0.5) is 0 Å². The molecule has 0 radical (unpaired) electrons. The minimum Gasteiger partial charge on any atom is -0.348 e. The van der Waals surface area contributed by atoms with Gasteiger partial charge >= 0.3 is 0 Å². The van der Waals surface area contributed by atoms with Crippen LogP contribution in [0.3, 0.4) is 0 Å². The van der Waals surface area contributed by atoms with Crippen LogP contribution in [0.15, 0.2) is 60.9 Å². The van der Waals surface area contributed by atoms with E-state index < -0.39 is 0 Å². The van der Waals surface area contributed by atoms with Gasteiger partial charge in [0.1, 0.15) is 6.33 Å². The summed E-state index contributed by atoms with van der Waals surface area (Å²) in [6.45, 7) is 5.09. The van der Waals surface area contributed by atoms with Crippen molar-refractivity contribution in [2.45, 2.75) is 26.9 Å². The summed E-state index contributed by atoms with van der Waals surface area (Å²) < 4.78 is 3.45. The first kappa shape index (κ1) is 18.5. The minimum absolute atomic E-state index is 0.189. The Hall–Kier alpha value is -3.81. The van der Waals surface area contributed by atoms with Gasteiger partial charge in [0.05, 0.1) is 23.5 Å². The summed E-state index contributed by atoms with van der Waals surface area (Å²) in [6, 6.07) is 17.4. The van der Waals surface area contributed by atoms with Crippen molar-refractivity contribution in [1.29, 1.82) is 0 Å². The normalized spacial score (nSPS) is 10.8. The van der Waals surface area contributed by atoms with E-state index in [1.165, 1.54) is 16.6 Å². The monoisotopic (exact) mass is 387 g/mol. The number of aryl methyl sites for hydroxylation is 1. The molecule has 29 heavy (non-hydrogen) atoms. The van der Waals surface area contributed by atoms with Crippen molar-refractivity contribution in [3.63, 3.8) is 0 Å². The lowest BCUT2D eigenvalue weighted by atomic mass is 10.1. The SMILES string of the molecule is Cc1nn(Cc2ccccc2)c(C)c1CNC(=O)c1ccccc1-n1cnnn1. The molecule has 0 aliphatic carbocycles. The lowest BCUT2D eigenvalue weighted by Gasteiger charge is -2.10. The molecule has 4 rings (SSSR count). The predicted octanol–water partition coefficient (Wildman–Crippen LogP) is 2.45. The van der Waals surface area contributed by atoms with E-state index in [0.717, 1.165) is 17.0 Å². The Bertz CT molecular complexity index is 1120. The van der Waals surface area contributed by atoms with Crippen LogP contribution >= 0.6 is 0 Å². The first-order valence-corrected chi connectivity index (χ1v) is 9.31. The summed E-state index contributed by atoms with van der Waals surface area (Å²) in [5.41, 5.74) is 5.29. The van der Waals surface area contributed by atoms with Crippen LogP contribution in [0.1, 0.15) is 32.9 Å². The van der Waals surface area contributed by atoms with Gasteiger partial charge in [-0.1, -0.05) is 42.5 Å². The molecule has 0 aliphatic rings. The van der Waals surface area contributed by atoms with Gasteiger partial charge in [-0.25, -0.2) is 0 Å². The maximum absolute atomic E-state index is 12.8. The average Bonchev–Trinajstić information content (AvgIpc) is 3.36. The van der Waals surface area contributed by atoms with Gasteiger partial charge in [-0.05, 0) is 42.0 Å². The van der Waals surface area contributed by atoms with Gasteiger partial charge in [-0.3, -0.25) is 9.48 Å². The summed E-state index contributed by atoms with van der Waals surface area (Å²) >= 11 is 0. The number of rotatable bonds is 6. The zero-order chi connectivity index (χ0) is 20.2. The molecule has 1 N–H and O–H groups in total. The van der Waals surface area contributed by atoms with Gasteiger partial charge in [-0.2, -0.15) is 9.78 Å². The molecule has 0 fully saturated rings. The van der Waals surface area contributed by atoms with Crippen LogP contribution in [0.2, 0.25) is 0 Å². The second kappa shape index (κ2) is 8.05. The van der Waals surface area contributed by atoms with Crippen molar-refractivity contribution in [1.82, 2.24) is 35.3 Å². The molecule has 0 spiro atoms. The minimum atomic E-state index is -0.189. The number of tetrazole rings is 1. The van der Waals surface area contributed by atoms with Crippen molar-refractivity contribution in [3.8, 4) is 5.69 Å². The van der Waals surface area contributed by atoms with Crippen LogP contribution in [0.25, 0.3) is 5.69 Å². The van der Waals surface area contributed by atoms with Gasteiger partial charge in [0, 0.05) is 17.8 Å². The highest BCUT2D eigenvalue weighted by Crippen LogP contribution is 2.16. The zero-order valence-electron chi connectivity index (χ0n) is 16.3. The van der Waals surface area contributed by atoms with Crippen LogP contribution in [-0.4, -0.2) is 35.9 Å². The quantitative estimate of drug-likeness (QED) is 0.549. The Kier molecular flexibility index (Phi) is 5.15. The van der Waals surface area contributed by atoms with Gasteiger partial charge in [-0.15, -0.1) is 5.10 Å². The highest BCUT2D eigenvalue weighted by molar-refractivity contribution is 5.97. The van der Waals surface area contributed by atoms with Crippen molar-refractivity contribution < 1.29 is 4.79 Å². The molecular formula is C21H21N7O. The first-order valence-electron chi connectivity index (χ1n) is 9.31. The summed E-state index contributed by atoms with van der Waals surface area (Å²) in [6.07, 6.45) is 1.47. The maximum atomic E-state index is 12.8. The summed E-state index contributed by atoms with van der Waals surface area (Å²) in [5, 5.41) is 18.8. The molecule has 2 aromatic heterocycles. The molecule has 0 atom stereocenters. The number of nitrogens with one attached hydrogen (secondary N) is 1. The Morgan fingerprint density at radius 2 is 1.79 bits per heavy atom. The number of para-hydroxylation sites is 1. The number of amides is 1. The van der Waals surface area contributed by atoms with E-state index in [2.05, 4.69) is 38.1 Å². The molecule has 146 valence electrons. The van der Waals surface area contributed by atoms with Gasteiger partial charge in [0.25, 0.3) is 5.91 Å². The third-order valence-electron chi connectivity index (χ3n) is 4.88. The fourth-order valence-corrected chi connectivity index (χ4v) is 3.30. The summed E-state index contributed by atoms with van der Waals surface area (Å²) in [7, 11) is 0. The fourth-order valence-electron chi connectivity index (χ4n) is 3.30. The molecule has 2 aromatic carbocycles. The van der Waals surface area contributed by atoms with Gasteiger partial charge < -0.3 is 5.32 Å². The molecule has 0 unspecified atom stereocenters. The molecule has 0 aliphatic heterocycles. The lowest BCUT2D eigenvalue weighted by Crippen LogP contribution is -2.25. The Morgan fingerprint density at radius 1 is 1.03 bits per heavy atom. The van der Waals surface area contributed by atoms with E-state index in [0.29, 0.717) is 24.3 Å². The molecule has 2 heterocycles. The van der Waals surface area contributed by atoms with E-state index in [1.54, 1.807) is 12.1 Å². The van der Waals surface area contributed by atoms with Crippen molar-refractivity contribution in [2.24, 2.45) is 0 Å². The molecular weight excluding hydrogens is 366 g/mol. The highest BCUT2D eigenvalue weighted by atomic mass is 16.1. The molecule has 8 heteroatoms. The number of hydrogen-bond acceptors (Lipinski definition) is 5. The lowest BCUT2D eigenvalue weighted by molar-refractivity contribution is 0.0950. The Labute approximate surface area is 168 Å². The van der Waals surface area contributed by atoms with Crippen molar-refractivity contribution in [2.75, 3.05) is 0 Å². The number of aromatic nitrogens is 6. The van der Waals surface area contributed by atoms with E-state index in [4.69, 9.17) is 0 Å². The van der Waals surface area contributed by atoms with Gasteiger partial charge in [0.15, 0.2) is 0 Å². The second-order valence-electron chi connectivity index (χ2n) is 6.75. The topological polar surface area (TPSA) is 90.5 Å². The highest BCUT2D eigenvalue weighted by Gasteiger charge is 2.16. The standard InChI is InChI=1S/C21H21N7O/c1-15-19(16(2)27(24-15)13-17-8-4-3-5-9-17)12-22-21(29)18-10-6-7-11-20(18)28-14-23-25-26-28/h3-11,14H,12-13H2,1-2H3,(H,22,29). The summed E-state index contributed by atoms with van der Waals surface area (Å²) in [4.78, 5) is 12.8. The number of nitrogens with zero attached hydrogens (tertiary/aromatic N) is 6. The third-order valence-corrected chi connectivity index (χ3v) is 4.88. The molecule has 0 bridgehead atoms. The molecule has 0 saturated heterocycles. The van der Waals surface area contributed by atoms with Crippen LogP contribution in [0.5, 0.6) is 0 Å². The summed E-state index contributed by atoms with van der Waals surface area (Å²) in [5.74, 6) is -0.189. The molecule has 1 amide bonds. The number of benzene rings is 2. The van der Waals surface area contributed by atoms with Gasteiger partial charge in [0.2, 0.25) is 0 Å². The Balaban J connectivity index is 1.51. The Morgan fingerprint density at radius 3 is 2.55 bits per heavy atom. The van der Waals surface area contributed by atoms with Crippen LogP contribution in [-0.2, 0) is 13.1 Å².